The van der Waals surface area contributed by atoms with E-state index < -0.39 is 0 Å². The number of aliphatic imine (C=N–C) groups is 1. The Labute approximate surface area is 170 Å². The molecule has 2 unspecified atom stereocenters. The normalized spacial score (nSPS) is 20.4. The molecule has 2 aliphatic heterocycles. The first-order chi connectivity index (χ1) is 13.7. The van der Waals surface area contributed by atoms with Crippen molar-refractivity contribution in [1.29, 1.82) is 0 Å². The van der Waals surface area contributed by atoms with Gasteiger partial charge < -0.3 is 20.1 Å². The molecule has 4 rings (SSSR count). The second kappa shape index (κ2) is 8.84. The lowest BCUT2D eigenvalue weighted by Gasteiger charge is -2.33. The first-order valence-electron chi connectivity index (χ1n) is 9.85. The maximum atomic E-state index is 6.00. The van der Waals surface area contributed by atoms with Crippen molar-refractivity contribution >= 4 is 17.3 Å². The van der Waals surface area contributed by atoms with Crippen LogP contribution in [0.15, 0.2) is 40.7 Å². The summed E-state index contributed by atoms with van der Waals surface area (Å²) in [5.74, 6) is 2.41. The number of hydrogen-bond acceptors (Lipinski definition) is 5. The van der Waals surface area contributed by atoms with Crippen LogP contribution in [-0.4, -0.2) is 56.3 Å². The van der Waals surface area contributed by atoms with Crippen molar-refractivity contribution in [2.75, 3.05) is 33.3 Å². The van der Waals surface area contributed by atoms with E-state index in [0.717, 1.165) is 43.5 Å². The second-order valence-electron chi connectivity index (χ2n) is 7.27. The molecule has 2 atom stereocenters. The van der Waals surface area contributed by atoms with Crippen LogP contribution < -0.4 is 20.1 Å². The number of nitrogens with zero attached hydrogens (tertiary/aromatic N) is 2. The van der Waals surface area contributed by atoms with Gasteiger partial charge in [-0.05, 0) is 42.5 Å². The number of guanidine groups is 1. The molecule has 0 spiro atoms. The minimum atomic E-state index is -0.0371. The van der Waals surface area contributed by atoms with E-state index in [-0.39, 0.29) is 6.10 Å². The average molecular weight is 401 g/mol. The summed E-state index contributed by atoms with van der Waals surface area (Å²) in [6.07, 6.45) is 1.12. The van der Waals surface area contributed by atoms with E-state index in [1.54, 1.807) is 11.9 Å². The molecule has 7 heteroatoms. The van der Waals surface area contributed by atoms with Gasteiger partial charge in [0.15, 0.2) is 17.5 Å². The molecule has 3 heterocycles. The number of ether oxygens (including phenoxy) is 2. The summed E-state index contributed by atoms with van der Waals surface area (Å²) < 4.78 is 11.8. The predicted octanol–water partition coefficient (Wildman–Crippen LogP) is 2.50. The molecule has 0 fully saturated rings. The fourth-order valence-electron chi connectivity index (χ4n) is 3.61. The summed E-state index contributed by atoms with van der Waals surface area (Å²) in [5.41, 5.74) is 1.49. The van der Waals surface area contributed by atoms with Gasteiger partial charge in [-0.3, -0.25) is 9.89 Å². The van der Waals surface area contributed by atoms with Gasteiger partial charge in [-0.2, -0.15) is 0 Å². The van der Waals surface area contributed by atoms with Crippen molar-refractivity contribution in [3.05, 3.63) is 46.2 Å². The number of rotatable bonds is 5. The number of nitrogens with one attached hydrogen (secondary N) is 2. The summed E-state index contributed by atoms with van der Waals surface area (Å²) in [6, 6.07) is 10.5. The van der Waals surface area contributed by atoms with Gasteiger partial charge in [-0.1, -0.05) is 12.1 Å². The Bertz CT molecular complexity index is 822. The first-order valence-corrected chi connectivity index (χ1v) is 10.7. The SMILES string of the molecule is CN=C(NCC1COc2ccccc2O1)NCC(C)N1CCc2sccc2C1. The summed E-state index contributed by atoms with van der Waals surface area (Å²) in [4.78, 5) is 8.42. The zero-order valence-electron chi connectivity index (χ0n) is 16.5. The Balaban J connectivity index is 1.22. The van der Waals surface area contributed by atoms with Crippen LogP contribution in [-0.2, 0) is 13.0 Å². The molecule has 0 bridgehead atoms. The van der Waals surface area contributed by atoms with E-state index in [2.05, 4.69) is 38.9 Å². The van der Waals surface area contributed by atoms with Gasteiger partial charge >= 0.3 is 0 Å². The quantitative estimate of drug-likeness (QED) is 0.597. The molecule has 0 aliphatic carbocycles. The summed E-state index contributed by atoms with van der Waals surface area (Å²) in [6.45, 7) is 6.46. The van der Waals surface area contributed by atoms with E-state index in [0.29, 0.717) is 19.2 Å². The largest absolute Gasteiger partial charge is 0.486 e. The number of thiophene rings is 1. The number of fused-ring (bicyclic) bond motifs is 2. The highest BCUT2D eigenvalue weighted by atomic mass is 32.1. The van der Waals surface area contributed by atoms with E-state index >= 15 is 0 Å². The van der Waals surface area contributed by atoms with Gasteiger partial charge in [0, 0.05) is 37.6 Å². The molecule has 0 saturated carbocycles. The third-order valence-corrected chi connectivity index (χ3v) is 6.34. The lowest BCUT2D eigenvalue weighted by atomic mass is 10.1. The monoisotopic (exact) mass is 400 g/mol. The van der Waals surface area contributed by atoms with Crippen LogP contribution in [0.2, 0.25) is 0 Å². The first kappa shape index (κ1) is 19.1. The van der Waals surface area contributed by atoms with Crippen molar-refractivity contribution in [3.8, 4) is 11.5 Å². The number of hydrogen-bond donors (Lipinski definition) is 2. The van der Waals surface area contributed by atoms with Gasteiger partial charge in [0.1, 0.15) is 12.7 Å². The molecule has 2 aromatic rings. The highest BCUT2D eigenvalue weighted by molar-refractivity contribution is 7.10. The maximum Gasteiger partial charge on any atom is 0.191 e. The van der Waals surface area contributed by atoms with E-state index in [9.17, 15) is 0 Å². The van der Waals surface area contributed by atoms with Crippen molar-refractivity contribution in [3.63, 3.8) is 0 Å². The summed E-state index contributed by atoms with van der Waals surface area (Å²) in [5, 5.41) is 9.01. The summed E-state index contributed by atoms with van der Waals surface area (Å²) >= 11 is 1.88. The minimum Gasteiger partial charge on any atom is -0.486 e. The molecule has 2 aliphatic rings. The van der Waals surface area contributed by atoms with E-state index in [1.807, 2.05) is 35.6 Å². The molecule has 150 valence electrons. The van der Waals surface area contributed by atoms with Crippen LogP contribution >= 0.6 is 11.3 Å². The molecular weight excluding hydrogens is 372 g/mol. The number of benzene rings is 1. The second-order valence-corrected chi connectivity index (χ2v) is 8.27. The molecule has 1 aromatic heterocycles. The average Bonchev–Trinajstić information content (AvgIpc) is 3.21. The van der Waals surface area contributed by atoms with Crippen LogP contribution in [0, 0.1) is 0 Å². The van der Waals surface area contributed by atoms with Crippen molar-refractivity contribution in [2.45, 2.75) is 32.0 Å². The van der Waals surface area contributed by atoms with Crippen molar-refractivity contribution in [2.24, 2.45) is 4.99 Å². The molecule has 2 N–H and O–H groups in total. The fourth-order valence-corrected chi connectivity index (χ4v) is 4.50. The highest BCUT2D eigenvalue weighted by Gasteiger charge is 2.23. The third-order valence-electron chi connectivity index (χ3n) is 5.31. The van der Waals surface area contributed by atoms with Crippen LogP contribution in [0.3, 0.4) is 0 Å². The van der Waals surface area contributed by atoms with Crippen LogP contribution in [0.25, 0.3) is 0 Å². The van der Waals surface area contributed by atoms with Gasteiger partial charge in [-0.25, -0.2) is 0 Å². The molecule has 1 aromatic carbocycles. The summed E-state index contributed by atoms with van der Waals surface area (Å²) in [7, 11) is 1.80. The zero-order valence-corrected chi connectivity index (χ0v) is 17.3. The molecule has 0 saturated heterocycles. The molecule has 0 amide bonds. The topological polar surface area (TPSA) is 58.1 Å². The van der Waals surface area contributed by atoms with Gasteiger partial charge in [0.05, 0.1) is 6.54 Å². The molecule has 28 heavy (non-hydrogen) atoms. The zero-order chi connectivity index (χ0) is 19.3. The van der Waals surface area contributed by atoms with Crippen molar-refractivity contribution in [1.82, 2.24) is 15.5 Å². The minimum absolute atomic E-state index is 0.0371. The smallest absolute Gasteiger partial charge is 0.191 e. The Hall–Kier alpha value is -2.25. The van der Waals surface area contributed by atoms with Crippen molar-refractivity contribution < 1.29 is 9.47 Å². The third kappa shape index (κ3) is 4.42. The van der Waals surface area contributed by atoms with Gasteiger partial charge in [-0.15, -0.1) is 11.3 Å². The van der Waals surface area contributed by atoms with Crippen LogP contribution in [0.5, 0.6) is 11.5 Å². The molecular formula is C21H28N4O2S. The van der Waals surface area contributed by atoms with Crippen LogP contribution in [0.1, 0.15) is 17.4 Å². The van der Waals surface area contributed by atoms with E-state index in [1.165, 1.54) is 5.56 Å². The molecule has 6 nitrogen and oxygen atoms in total. The van der Waals surface area contributed by atoms with Crippen LogP contribution in [0.4, 0.5) is 0 Å². The Morgan fingerprint density at radius 3 is 3.00 bits per heavy atom. The Morgan fingerprint density at radius 2 is 2.14 bits per heavy atom. The highest BCUT2D eigenvalue weighted by Crippen LogP contribution is 2.30. The standard InChI is InChI=1S/C21H28N4O2S/c1-15(25-9-7-20-16(13-25)8-10-28-20)11-23-21(22-2)24-12-17-14-26-18-5-3-4-6-19(18)27-17/h3-6,8,10,15,17H,7,9,11-14H2,1-2H3,(H2,22,23,24). The Kier molecular flexibility index (Phi) is 6.02. The lowest BCUT2D eigenvalue weighted by molar-refractivity contribution is 0.0935. The number of para-hydroxylation sites is 2. The predicted molar refractivity (Wildman–Crippen MR) is 114 cm³/mol. The van der Waals surface area contributed by atoms with Gasteiger partial charge in [0.2, 0.25) is 0 Å². The van der Waals surface area contributed by atoms with Gasteiger partial charge in [0.25, 0.3) is 0 Å². The molecule has 0 radical (unpaired) electrons. The van der Waals surface area contributed by atoms with E-state index in [4.69, 9.17) is 9.47 Å². The maximum absolute atomic E-state index is 6.00. The Morgan fingerprint density at radius 1 is 1.29 bits per heavy atom. The lowest BCUT2D eigenvalue weighted by Crippen LogP contribution is -2.49. The fraction of sp³-hybridized carbons (Fsp3) is 0.476.